The average molecular weight is 288 g/mol. The van der Waals surface area contributed by atoms with Crippen LogP contribution in [0.1, 0.15) is 50.5 Å². The van der Waals surface area contributed by atoms with Gasteiger partial charge in [-0.05, 0) is 37.3 Å². The second-order valence-corrected chi connectivity index (χ2v) is 6.15. The fourth-order valence-corrected chi connectivity index (χ4v) is 3.15. The zero-order valence-corrected chi connectivity index (χ0v) is 13.0. The van der Waals surface area contributed by atoms with Crippen LogP contribution in [-0.4, -0.2) is 23.9 Å². The maximum absolute atomic E-state index is 12.6. The zero-order valence-electron chi connectivity index (χ0n) is 13.0. The quantitative estimate of drug-likeness (QED) is 0.836. The number of hydrogen-bond acceptors (Lipinski definition) is 2. The first-order valence-corrected chi connectivity index (χ1v) is 8.31. The number of nitrogens with zero attached hydrogens (tertiary/aromatic N) is 1. The predicted octanol–water partition coefficient (Wildman–Crippen LogP) is 3.33. The monoisotopic (exact) mass is 288 g/mol. The summed E-state index contributed by atoms with van der Waals surface area (Å²) in [7, 11) is 0. The molecule has 2 rings (SSSR count). The number of hydrogen-bond donors (Lipinski definition) is 1. The Hall–Kier alpha value is -1.35. The summed E-state index contributed by atoms with van der Waals surface area (Å²) in [5.74, 6) is 0.904. The second-order valence-electron chi connectivity index (χ2n) is 6.15. The molecule has 0 radical (unpaired) electrons. The van der Waals surface area contributed by atoms with Gasteiger partial charge in [-0.2, -0.15) is 0 Å². The van der Waals surface area contributed by atoms with Gasteiger partial charge in [0, 0.05) is 19.5 Å². The van der Waals surface area contributed by atoms with Gasteiger partial charge in [0.25, 0.3) is 0 Å². The highest BCUT2D eigenvalue weighted by Crippen LogP contribution is 2.27. The van der Waals surface area contributed by atoms with E-state index in [1.54, 1.807) is 0 Å². The molecule has 0 unspecified atom stereocenters. The molecular weight excluding hydrogens is 260 g/mol. The van der Waals surface area contributed by atoms with Crippen molar-refractivity contribution < 1.29 is 4.79 Å². The summed E-state index contributed by atoms with van der Waals surface area (Å²) in [6.45, 7) is 2.13. The first-order valence-electron chi connectivity index (χ1n) is 8.31. The van der Waals surface area contributed by atoms with Crippen LogP contribution in [-0.2, 0) is 11.3 Å². The average Bonchev–Trinajstić information content (AvgIpc) is 2.53. The molecule has 1 aliphatic rings. The van der Waals surface area contributed by atoms with Crippen molar-refractivity contribution in [2.45, 2.75) is 51.5 Å². The molecule has 1 fully saturated rings. The van der Waals surface area contributed by atoms with E-state index >= 15 is 0 Å². The van der Waals surface area contributed by atoms with Crippen molar-refractivity contribution >= 4 is 5.91 Å². The van der Waals surface area contributed by atoms with E-state index in [1.807, 2.05) is 23.1 Å². The van der Waals surface area contributed by atoms with Gasteiger partial charge in [0.2, 0.25) is 5.91 Å². The van der Waals surface area contributed by atoms with E-state index < -0.39 is 0 Å². The molecule has 0 saturated heterocycles. The van der Waals surface area contributed by atoms with E-state index in [2.05, 4.69) is 12.1 Å². The molecule has 0 heterocycles. The lowest BCUT2D eigenvalue weighted by Gasteiger charge is -2.27. The van der Waals surface area contributed by atoms with E-state index in [0.717, 1.165) is 19.4 Å². The van der Waals surface area contributed by atoms with Gasteiger partial charge in [-0.25, -0.2) is 0 Å². The number of rotatable bonds is 7. The number of amides is 1. The topological polar surface area (TPSA) is 46.3 Å². The lowest BCUT2D eigenvalue weighted by atomic mass is 9.86. The minimum Gasteiger partial charge on any atom is -0.338 e. The molecule has 3 nitrogen and oxygen atoms in total. The number of benzene rings is 1. The van der Waals surface area contributed by atoms with Crippen LogP contribution in [0.15, 0.2) is 30.3 Å². The fourth-order valence-electron chi connectivity index (χ4n) is 3.15. The Bertz CT molecular complexity index is 412. The van der Waals surface area contributed by atoms with E-state index in [1.165, 1.54) is 37.7 Å². The summed E-state index contributed by atoms with van der Waals surface area (Å²) in [4.78, 5) is 14.6. The number of nitrogens with two attached hydrogens (primary N) is 1. The third-order valence-corrected chi connectivity index (χ3v) is 4.39. The minimum atomic E-state index is 0.305. The van der Waals surface area contributed by atoms with E-state index in [0.29, 0.717) is 24.9 Å². The van der Waals surface area contributed by atoms with E-state index in [4.69, 9.17) is 5.73 Å². The van der Waals surface area contributed by atoms with Gasteiger partial charge in [-0.3, -0.25) is 4.79 Å². The molecule has 1 aliphatic carbocycles. The molecule has 0 spiro atoms. The van der Waals surface area contributed by atoms with Crippen LogP contribution < -0.4 is 5.73 Å². The van der Waals surface area contributed by atoms with Gasteiger partial charge in [0.15, 0.2) is 0 Å². The van der Waals surface area contributed by atoms with Gasteiger partial charge in [0.1, 0.15) is 0 Å². The van der Waals surface area contributed by atoms with Crippen LogP contribution in [0, 0.1) is 5.92 Å². The highest BCUT2D eigenvalue weighted by atomic mass is 16.2. The maximum Gasteiger partial charge on any atom is 0.223 e. The minimum absolute atomic E-state index is 0.305. The van der Waals surface area contributed by atoms with Crippen LogP contribution >= 0.6 is 0 Å². The summed E-state index contributed by atoms with van der Waals surface area (Å²) in [5, 5.41) is 0. The Morgan fingerprint density at radius 1 is 1.14 bits per heavy atom. The molecule has 1 aromatic rings. The first-order chi connectivity index (χ1) is 10.3. The molecule has 0 atom stereocenters. The van der Waals surface area contributed by atoms with Gasteiger partial charge < -0.3 is 10.6 Å². The summed E-state index contributed by atoms with van der Waals surface area (Å²) >= 11 is 0. The predicted molar refractivity (Wildman–Crippen MR) is 86.7 cm³/mol. The van der Waals surface area contributed by atoms with Crippen LogP contribution in [0.2, 0.25) is 0 Å². The Balaban J connectivity index is 1.92. The van der Waals surface area contributed by atoms with Gasteiger partial charge in [-0.1, -0.05) is 49.6 Å². The molecule has 116 valence electrons. The molecule has 1 amide bonds. The summed E-state index contributed by atoms with van der Waals surface area (Å²) in [5.41, 5.74) is 6.82. The first kappa shape index (κ1) is 16.0. The third kappa shape index (κ3) is 5.50. The Labute approximate surface area is 128 Å². The molecule has 2 N–H and O–H groups in total. The van der Waals surface area contributed by atoms with E-state index in [9.17, 15) is 4.79 Å². The van der Waals surface area contributed by atoms with Crippen LogP contribution in [0.4, 0.5) is 0 Å². The van der Waals surface area contributed by atoms with Crippen LogP contribution in [0.25, 0.3) is 0 Å². The molecule has 3 heteroatoms. The normalized spacial score (nSPS) is 15.9. The summed E-state index contributed by atoms with van der Waals surface area (Å²) < 4.78 is 0. The molecule has 0 aromatic heterocycles. The smallest absolute Gasteiger partial charge is 0.223 e. The van der Waals surface area contributed by atoms with Gasteiger partial charge in [0.05, 0.1) is 0 Å². The summed E-state index contributed by atoms with van der Waals surface area (Å²) in [6, 6.07) is 10.2. The van der Waals surface area contributed by atoms with Gasteiger partial charge in [-0.15, -0.1) is 0 Å². The van der Waals surface area contributed by atoms with Crippen molar-refractivity contribution in [1.82, 2.24) is 4.90 Å². The molecule has 0 aliphatic heterocycles. The number of carbonyl (C=O) groups excluding carboxylic acids is 1. The largest absolute Gasteiger partial charge is 0.338 e. The zero-order chi connectivity index (χ0) is 14.9. The molecular formula is C18H28N2O. The highest BCUT2D eigenvalue weighted by Gasteiger charge is 2.21. The van der Waals surface area contributed by atoms with Crippen molar-refractivity contribution in [3.8, 4) is 0 Å². The Kier molecular flexibility index (Phi) is 6.74. The SMILES string of the molecule is NCCCN(Cc1ccccc1)C(=O)CC1CCCCC1. The van der Waals surface area contributed by atoms with Crippen molar-refractivity contribution in [3.63, 3.8) is 0 Å². The van der Waals surface area contributed by atoms with Crippen molar-refractivity contribution in [2.24, 2.45) is 11.7 Å². The van der Waals surface area contributed by atoms with Crippen LogP contribution in [0.3, 0.4) is 0 Å². The van der Waals surface area contributed by atoms with Crippen molar-refractivity contribution in [3.05, 3.63) is 35.9 Å². The van der Waals surface area contributed by atoms with Crippen LogP contribution in [0.5, 0.6) is 0 Å². The third-order valence-electron chi connectivity index (χ3n) is 4.39. The van der Waals surface area contributed by atoms with Crippen molar-refractivity contribution in [1.29, 1.82) is 0 Å². The molecule has 1 saturated carbocycles. The second kappa shape index (κ2) is 8.83. The lowest BCUT2D eigenvalue weighted by molar-refractivity contribution is -0.133. The molecule has 0 bridgehead atoms. The standard InChI is InChI=1S/C18H28N2O/c19-12-7-13-20(15-17-10-5-2-6-11-17)18(21)14-16-8-3-1-4-9-16/h2,5-6,10-11,16H,1,3-4,7-9,12-15,19H2. The highest BCUT2D eigenvalue weighted by molar-refractivity contribution is 5.76. The Morgan fingerprint density at radius 3 is 2.52 bits per heavy atom. The number of carbonyl (C=O) groups is 1. The van der Waals surface area contributed by atoms with E-state index in [-0.39, 0.29) is 0 Å². The molecule has 21 heavy (non-hydrogen) atoms. The molecule has 1 aromatic carbocycles. The lowest BCUT2D eigenvalue weighted by Crippen LogP contribution is -2.34. The Morgan fingerprint density at radius 2 is 1.86 bits per heavy atom. The van der Waals surface area contributed by atoms with Gasteiger partial charge >= 0.3 is 0 Å². The van der Waals surface area contributed by atoms with Crippen molar-refractivity contribution in [2.75, 3.05) is 13.1 Å². The summed E-state index contributed by atoms with van der Waals surface area (Å²) in [6.07, 6.45) is 7.97. The maximum atomic E-state index is 12.6. The fraction of sp³-hybridized carbons (Fsp3) is 0.611.